The summed E-state index contributed by atoms with van der Waals surface area (Å²) in [5.41, 5.74) is 4.60. The Kier molecular flexibility index (Phi) is 4.47. The van der Waals surface area contributed by atoms with E-state index in [1.54, 1.807) is 0 Å². The van der Waals surface area contributed by atoms with Crippen LogP contribution < -0.4 is 5.69 Å². The van der Waals surface area contributed by atoms with E-state index < -0.39 is 0 Å². The SMILES string of the molecule is Cc1cc2cc(C)n(CCN3CCC(c4noc5ccccc45)CC3)c(=O)n2n1. The fourth-order valence-corrected chi connectivity index (χ4v) is 4.48. The van der Waals surface area contributed by atoms with Crippen molar-refractivity contribution in [2.24, 2.45) is 0 Å². The molecule has 0 unspecified atom stereocenters. The Bertz CT molecular complexity index is 1230. The second kappa shape index (κ2) is 7.15. The van der Waals surface area contributed by atoms with Gasteiger partial charge in [-0.15, -0.1) is 0 Å². The molecule has 0 aliphatic carbocycles. The van der Waals surface area contributed by atoms with Crippen molar-refractivity contribution in [3.05, 3.63) is 64.0 Å². The van der Waals surface area contributed by atoms with Crippen molar-refractivity contribution in [2.45, 2.75) is 39.2 Å². The molecule has 0 radical (unpaired) electrons. The number of piperidine rings is 1. The van der Waals surface area contributed by atoms with Gasteiger partial charge in [-0.05, 0) is 64.0 Å². The van der Waals surface area contributed by atoms with Gasteiger partial charge in [0.1, 0.15) is 0 Å². The fourth-order valence-electron chi connectivity index (χ4n) is 4.48. The first-order valence-electron chi connectivity index (χ1n) is 10.2. The Morgan fingerprint density at radius 2 is 1.90 bits per heavy atom. The highest BCUT2D eigenvalue weighted by molar-refractivity contribution is 5.79. The van der Waals surface area contributed by atoms with Crippen LogP contribution in [-0.4, -0.2) is 43.9 Å². The number of fused-ring (bicyclic) bond motifs is 2. The molecule has 0 spiro atoms. The Hall–Kier alpha value is -2.93. The maximum Gasteiger partial charge on any atom is 0.349 e. The first kappa shape index (κ1) is 18.1. The van der Waals surface area contributed by atoms with Gasteiger partial charge in [0.15, 0.2) is 5.58 Å². The largest absolute Gasteiger partial charge is 0.356 e. The lowest BCUT2D eigenvalue weighted by molar-refractivity contribution is 0.201. The van der Waals surface area contributed by atoms with E-state index in [-0.39, 0.29) is 5.69 Å². The molecule has 7 heteroatoms. The van der Waals surface area contributed by atoms with E-state index >= 15 is 0 Å². The van der Waals surface area contributed by atoms with E-state index in [1.165, 1.54) is 4.52 Å². The fraction of sp³-hybridized carbons (Fsp3) is 0.409. The van der Waals surface area contributed by atoms with E-state index in [0.717, 1.165) is 66.0 Å². The number of likely N-dealkylation sites (tertiary alicyclic amines) is 1. The van der Waals surface area contributed by atoms with Gasteiger partial charge < -0.3 is 9.42 Å². The highest BCUT2D eigenvalue weighted by Crippen LogP contribution is 2.32. The van der Waals surface area contributed by atoms with Gasteiger partial charge in [-0.1, -0.05) is 17.3 Å². The van der Waals surface area contributed by atoms with Crippen LogP contribution in [0.3, 0.4) is 0 Å². The molecule has 0 N–H and O–H groups in total. The topological polar surface area (TPSA) is 68.6 Å². The number of rotatable bonds is 4. The summed E-state index contributed by atoms with van der Waals surface area (Å²) in [6, 6.07) is 12.1. The Balaban J connectivity index is 1.26. The van der Waals surface area contributed by atoms with E-state index in [0.29, 0.717) is 12.5 Å². The molecule has 1 fully saturated rings. The van der Waals surface area contributed by atoms with E-state index in [1.807, 2.05) is 48.7 Å². The molecule has 4 heterocycles. The average molecular weight is 391 g/mol. The zero-order valence-electron chi connectivity index (χ0n) is 16.8. The van der Waals surface area contributed by atoms with Crippen molar-refractivity contribution >= 4 is 16.5 Å². The van der Waals surface area contributed by atoms with Gasteiger partial charge in [-0.25, -0.2) is 4.79 Å². The van der Waals surface area contributed by atoms with Crippen molar-refractivity contribution in [3.63, 3.8) is 0 Å². The first-order valence-corrected chi connectivity index (χ1v) is 10.2. The Morgan fingerprint density at radius 1 is 1.10 bits per heavy atom. The number of hydrogen-bond acceptors (Lipinski definition) is 5. The highest BCUT2D eigenvalue weighted by Gasteiger charge is 2.25. The molecule has 0 saturated carbocycles. The summed E-state index contributed by atoms with van der Waals surface area (Å²) in [6.07, 6.45) is 2.11. The summed E-state index contributed by atoms with van der Waals surface area (Å²) >= 11 is 0. The van der Waals surface area contributed by atoms with E-state index in [4.69, 9.17) is 4.52 Å². The summed E-state index contributed by atoms with van der Waals surface area (Å²) < 4.78 is 8.82. The second-order valence-corrected chi connectivity index (χ2v) is 8.02. The van der Waals surface area contributed by atoms with E-state index in [2.05, 4.69) is 21.2 Å². The quantitative estimate of drug-likeness (QED) is 0.535. The number of aryl methyl sites for hydroxylation is 2. The van der Waals surface area contributed by atoms with Crippen LogP contribution in [0.1, 0.15) is 35.8 Å². The summed E-state index contributed by atoms with van der Waals surface area (Å²) in [4.78, 5) is 15.2. The Labute approximate surface area is 168 Å². The van der Waals surface area contributed by atoms with Crippen molar-refractivity contribution in [1.82, 2.24) is 24.2 Å². The average Bonchev–Trinajstić information content (AvgIpc) is 3.31. The number of aromatic nitrogens is 4. The van der Waals surface area contributed by atoms with Crippen molar-refractivity contribution in [1.29, 1.82) is 0 Å². The third kappa shape index (κ3) is 3.25. The molecule has 0 atom stereocenters. The molecule has 1 aromatic carbocycles. The monoisotopic (exact) mass is 391 g/mol. The van der Waals surface area contributed by atoms with Crippen LogP contribution in [0.15, 0.2) is 45.7 Å². The smallest absolute Gasteiger partial charge is 0.349 e. The van der Waals surface area contributed by atoms with Gasteiger partial charge in [0.05, 0.1) is 16.9 Å². The van der Waals surface area contributed by atoms with Gasteiger partial charge in [0.25, 0.3) is 0 Å². The van der Waals surface area contributed by atoms with Crippen molar-refractivity contribution in [2.75, 3.05) is 19.6 Å². The minimum Gasteiger partial charge on any atom is -0.356 e. The van der Waals surface area contributed by atoms with Crippen LogP contribution in [0, 0.1) is 13.8 Å². The second-order valence-electron chi connectivity index (χ2n) is 8.02. The van der Waals surface area contributed by atoms with Crippen LogP contribution in [0.4, 0.5) is 0 Å². The van der Waals surface area contributed by atoms with Gasteiger partial charge in [-0.3, -0.25) is 4.57 Å². The van der Waals surface area contributed by atoms with Gasteiger partial charge in [-0.2, -0.15) is 9.61 Å². The molecular formula is C22H25N5O2. The van der Waals surface area contributed by atoms with Gasteiger partial charge in [0.2, 0.25) is 0 Å². The lowest BCUT2D eigenvalue weighted by Gasteiger charge is -2.31. The zero-order chi connectivity index (χ0) is 20.0. The van der Waals surface area contributed by atoms with E-state index in [9.17, 15) is 4.79 Å². The van der Waals surface area contributed by atoms with Gasteiger partial charge in [0, 0.05) is 30.1 Å². The number of hydrogen-bond donors (Lipinski definition) is 0. The molecule has 7 nitrogen and oxygen atoms in total. The molecule has 1 saturated heterocycles. The maximum atomic E-state index is 12.8. The molecule has 3 aromatic heterocycles. The lowest BCUT2D eigenvalue weighted by atomic mass is 9.91. The van der Waals surface area contributed by atoms with Crippen molar-refractivity contribution in [3.8, 4) is 0 Å². The zero-order valence-corrected chi connectivity index (χ0v) is 16.8. The van der Waals surface area contributed by atoms with Crippen LogP contribution in [0.25, 0.3) is 16.5 Å². The molecule has 150 valence electrons. The predicted octanol–water partition coefficient (Wildman–Crippen LogP) is 3.13. The summed E-state index contributed by atoms with van der Waals surface area (Å²) in [5.74, 6) is 0.433. The minimum atomic E-state index is -0.0583. The van der Waals surface area contributed by atoms with Crippen LogP contribution in [0.2, 0.25) is 0 Å². The Morgan fingerprint density at radius 3 is 2.72 bits per heavy atom. The third-order valence-electron chi connectivity index (χ3n) is 6.07. The molecular weight excluding hydrogens is 366 g/mol. The number of benzene rings is 1. The number of nitrogens with zero attached hydrogens (tertiary/aromatic N) is 5. The normalized spacial score (nSPS) is 16.2. The number of para-hydroxylation sites is 1. The van der Waals surface area contributed by atoms with Crippen LogP contribution in [0.5, 0.6) is 0 Å². The summed E-state index contributed by atoms with van der Waals surface area (Å²) in [7, 11) is 0. The third-order valence-corrected chi connectivity index (χ3v) is 6.07. The molecule has 0 amide bonds. The molecule has 4 aromatic rings. The maximum absolute atomic E-state index is 12.8. The summed E-state index contributed by atoms with van der Waals surface area (Å²) in [6.45, 7) is 7.45. The minimum absolute atomic E-state index is 0.0583. The van der Waals surface area contributed by atoms with Crippen LogP contribution in [-0.2, 0) is 6.54 Å². The molecule has 5 rings (SSSR count). The lowest BCUT2D eigenvalue weighted by Crippen LogP contribution is -2.38. The molecule has 1 aliphatic rings. The molecule has 29 heavy (non-hydrogen) atoms. The van der Waals surface area contributed by atoms with Crippen molar-refractivity contribution < 1.29 is 4.52 Å². The highest BCUT2D eigenvalue weighted by atomic mass is 16.5. The van der Waals surface area contributed by atoms with Crippen LogP contribution >= 0.6 is 0 Å². The molecule has 1 aliphatic heterocycles. The first-order chi connectivity index (χ1) is 14.1. The summed E-state index contributed by atoms with van der Waals surface area (Å²) in [5, 5.41) is 9.80. The van der Waals surface area contributed by atoms with Gasteiger partial charge >= 0.3 is 5.69 Å². The predicted molar refractivity (Wildman–Crippen MR) is 111 cm³/mol. The molecule has 0 bridgehead atoms. The standard InChI is InChI=1S/C22H25N5O2/c1-15-13-18-14-16(2)26(22(28)27(18)23-15)12-11-25-9-7-17(8-10-25)21-19-5-3-4-6-20(19)29-24-21/h3-6,13-14,17H,7-12H2,1-2H3.